The number of hydrogen-bond donors (Lipinski definition) is 5. The van der Waals surface area contributed by atoms with Crippen LogP contribution in [0.15, 0.2) is 0 Å². The van der Waals surface area contributed by atoms with E-state index in [2.05, 4.69) is 10.6 Å². The van der Waals surface area contributed by atoms with Crippen LogP contribution in [0.3, 0.4) is 0 Å². The first-order chi connectivity index (χ1) is 15.5. The van der Waals surface area contributed by atoms with E-state index < -0.39 is 47.9 Å². The Morgan fingerprint density at radius 1 is 1.15 bits per heavy atom. The van der Waals surface area contributed by atoms with Crippen molar-refractivity contribution in [1.82, 2.24) is 15.5 Å². The summed E-state index contributed by atoms with van der Waals surface area (Å²) in [4.78, 5) is 62.6. The summed E-state index contributed by atoms with van der Waals surface area (Å²) in [5, 5.41) is 14.4. The Labute approximate surface area is 198 Å². The van der Waals surface area contributed by atoms with Crippen molar-refractivity contribution >= 4 is 41.4 Å². The number of carboxylic acids is 1. The van der Waals surface area contributed by atoms with E-state index in [0.717, 1.165) is 6.42 Å². The van der Waals surface area contributed by atoms with E-state index in [1.165, 1.54) is 16.7 Å². The molecule has 1 heterocycles. The lowest BCUT2D eigenvalue weighted by Gasteiger charge is -2.30. The van der Waals surface area contributed by atoms with Crippen LogP contribution in [0.1, 0.15) is 52.4 Å². The third-order valence-electron chi connectivity index (χ3n) is 5.92. The molecule has 1 aliphatic heterocycles. The van der Waals surface area contributed by atoms with Crippen molar-refractivity contribution < 1.29 is 29.1 Å². The quantitative estimate of drug-likeness (QED) is 0.215. The fourth-order valence-corrected chi connectivity index (χ4v) is 4.05. The molecule has 188 valence electrons. The summed E-state index contributed by atoms with van der Waals surface area (Å²) in [6.45, 7) is 4.24. The average molecular weight is 488 g/mol. The van der Waals surface area contributed by atoms with Crippen LogP contribution in [0.2, 0.25) is 0 Å². The van der Waals surface area contributed by atoms with Crippen molar-refractivity contribution in [1.29, 1.82) is 0 Å². The standard InChI is InChI=1S/C21H37N5O6S/c1-4-12(2)17(23)20(30)26-10-5-6-15(26)19(29)24-13(9-11-33-3)18(28)25-14(21(31)32)7-8-16(22)27/h12-15,17H,4-11,23H2,1-3H3,(H2,22,27)(H,24,29)(H,25,28)(H,31,32). The smallest absolute Gasteiger partial charge is 0.326 e. The number of likely N-dealkylation sites (tertiary alicyclic amines) is 1. The molecule has 1 fully saturated rings. The third-order valence-corrected chi connectivity index (χ3v) is 6.56. The molecule has 0 aliphatic carbocycles. The molecule has 1 aliphatic rings. The second-order valence-corrected chi connectivity index (χ2v) is 9.33. The molecule has 1 rings (SSSR count). The number of carboxylic acid groups (broad SMARTS) is 1. The van der Waals surface area contributed by atoms with Crippen LogP contribution in [0.25, 0.3) is 0 Å². The predicted octanol–water partition coefficient (Wildman–Crippen LogP) is -0.576. The normalized spacial score (nSPS) is 19.3. The molecule has 12 heteroatoms. The summed E-state index contributed by atoms with van der Waals surface area (Å²) in [5.41, 5.74) is 11.2. The van der Waals surface area contributed by atoms with Gasteiger partial charge in [0.1, 0.15) is 18.1 Å². The highest BCUT2D eigenvalue weighted by molar-refractivity contribution is 7.98. The van der Waals surface area contributed by atoms with Gasteiger partial charge in [-0.15, -0.1) is 0 Å². The molecule has 0 saturated carbocycles. The summed E-state index contributed by atoms with van der Waals surface area (Å²) in [5.74, 6) is -2.89. The van der Waals surface area contributed by atoms with Gasteiger partial charge in [0.15, 0.2) is 0 Å². The zero-order chi connectivity index (χ0) is 25.1. The first kappa shape index (κ1) is 28.7. The van der Waals surface area contributed by atoms with Crippen LogP contribution in [-0.4, -0.2) is 82.3 Å². The van der Waals surface area contributed by atoms with Crippen molar-refractivity contribution in [2.45, 2.75) is 76.5 Å². The monoisotopic (exact) mass is 487 g/mol. The van der Waals surface area contributed by atoms with Crippen LogP contribution in [0, 0.1) is 5.92 Å². The zero-order valence-corrected chi connectivity index (χ0v) is 20.4. The topological polar surface area (TPSA) is 185 Å². The van der Waals surface area contributed by atoms with Crippen LogP contribution in [0.4, 0.5) is 0 Å². The Balaban J connectivity index is 2.90. The molecule has 7 N–H and O–H groups in total. The first-order valence-electron chi connectivity index (χ1n) is 11.2. The van der Waals surface area contributed by atoms with Gasteiger partial charge in [0.2, 0.25) is 23.6 Å². The molecule has 0 aromatic rings. The van der Waals surface area contributed by atoms with E-state index in [-0.39, 0.29) is 31.1 Å². The Kier molecular flexibility index (Phi) is 12.2. The van der Waals surface area contributed by atoms with E-state index >= 15 is 0 Å². The van der Waals surface area contributed by atoms with Gasteiger partial charge >= 0.3 is 5.97 Å². The first-order valence-corrected chi connectivity index (χ1v) is 12.6. The second-order valence-electron chi connectivity index (χ2n) is 8.35. The molecule has 0 spiro atoms. The Morgan fingerprint density at radius 3 is 2.36 bits per heavy atom. The van der Waals surface area contributed by atoms with Gasteiger partial charge in [-0.3, -0.25) is 19.2 Å². The van der Waals surface area contributed by atoms with Gasteiger partial charge in [-0.05, 0) is 43.6 Å². The van der Waals surface area contributed by atoms with Crippen molar-refractivity contribution in [2.24, 2.45) is 17.4 Å². The minimum absolute atomic E-state index is 0.0322. The molecule has 4 amide bonds. The number of primary amides is 1. The average Bonchev–Trinajstić information content (AvgIpc) is 3.27. The highest BCUT2D eigenvalue weighted by Crippen LogP contribution is 2.21. The SMILES string of the molecule is CCC(C)C(N)C(=O)N1CCCC1C(=O)NC(CCSC)C(=O)NC(CCC(N)=O)C(=O)O. The number of nitrogens with two attached hydrogens (primary N) is 2. The number of rotatable bonds is 14. The van der Waals surface area contributed by atoms with E-state index in [4.69, 9.17) is 11.5 Å². The van der Waals surface area contributed by atoms with Crippen molar-refractivity contribution in [2.75, 3.05) is 18.6 Å². The molecule has 0 aromatic carbocycles. The molecule has 5 unspecified atom stereocenters. The van der Waals surface area contributed by atoms with Gasteiger partial charge in [-0.1, -0.05) is 20.3 Å². The van der Waals surface area contributed by atoms with Crippen molar-refractivity contribution in [3.63, 3.8) is 0 Å². The van der Waals surface area contributed by atoms with E-state index in [9.17, 15) is 29.1 Å². The Hall–Kier alpha value is -2.34. The molecule has 0 radical (unpaired) electrons. The van der Waals surface area contributed by atoms with Gasteiger partial charge in [0, 0.05) is 13.0 Å². The number of thioether (sulfide) groups is 1. The fourth-order valence-electron chi connectivity index (χ4n) is 3.58. The van der Waals surface area contributed by atoms with Crippen molar-refractivity contribution in [3.8, 4) is 0 Å². The van der Waals surface area contributed by atoms with Crippen LogP contribution < -0.4 is 22.1 Å². The van der Waals surface area contributed by atoms with Crippen molar-refractivity contribution in [3.05, 3.63) is 0 Å². The summed E-state index contributed by atoms with van der Waals surface area (Å²) < 4.78 is 0. The molecule has 33 heavy (non-hydrogen) atoms. The summed E-state index contributed by atoms with van der Waals surface area (Å²) in [6, 6.07) is -3.74. The third kappa shape index (κ3) is 8.84. The second kappa shape index (κ2) is 14.0. The number of hydrogen-bond acceptors (Lipinski definition) is 7. The summed E-state index contributed by atoms with van der Waals surface area (Å²) in [6.07, 6.45) is 3.60. The molecular formula is C21H37N5O6S. The zero-order valence-electron chi connectivity index (χ0n) is 19.5. The maximum Gasteiger partial charge on any atom is 0.326 e. The summed E-state index contributed by atoms with van der Waals surface area (Å²) >= 11 is 1.47. The number of aliphatic carboxylic acids is 1. The number of carbonyl (C=O) groups excluding carboxylic acids is 4. The van der Waals surface area contributed by atoms with Gasteiger partial charge in [-0.25, -0.2) is 4.79 Å². The van der Waals surface area contributed by atoms with E-state index in [1.807, 2.05) is 20.1 Å². The van der Waals surface area contributed by atoms with Crippen LogP contribution >= 0.6 is 11.8 Å². The number of nitrogens with one attached hydrogen (secondary N) is 2. The molecule has 0 bridgehead atoms. The Morgan fingerprint density at radius 2 is 1.82 bits per heavy atom. The minimum atomic E-state index is -1.31. The number of nitrogens with zero attached hydrogens (tertiary/aromatic N) is 1. The molecule has 1 saturated heterocycles. The van der Waals surface area contributed by atoms with Crippen LogP contribution in [-0.2, 0) is 24.0 Å². The maximum absolute atomic E-state index is 13.0. The number of amides is 4. The lowest BCUT2D eigenvalue weighted by Crippen LogP contribution is -2.57. The molecular weight excluding hydrogens is 450 g/mol. The lowest BCUT2D eigenvalue weighted by atomic mass is 9.98. The Bertz CT molecular complexity index is 721. The highest BCUT2D eigenvalue weighted by atomic mass is 32.2. The molecule has 5 atom stereocenters. The van der Waals surface area contributed by atoms with Gasteiger partial charge in [0.05, 0.1) is 6.04 Å². The van der Waals surface area contributed by atoms with Crippen LogP contribution in [0.5, 0.6) is 0 Å². The molecule has 0 aromatic heterocycles. The summed E-state index contributed by atoms with van der Waals surface area (Å²) in [7, 11) is 0. The lowest BCUT2D eigenvalue weighted by molar-refractivity contribution is -0.143. The fraction of sp³-hybridized carbons (Fsp3) is 0.762. The maximum atomic E-state index is 13.0. The largest absolute Gasteiger partial charge is 0.480 e. The van der Waals surface area contributed by atoms with Gasteiger partial charge in [0.25, 0.3) is 0 Å². The predicted molar refractivity (Wildman–Crippen MR) is 125 cm³/mol. The number of carbonyl (C=O) groups is 5. The molecule has 11 nitrogen and oxygen atoms in total. The van der Waals surface area contributed by atoms with E-state index in [0.29, 0.717) is 25.1 Å². The highest BCUT2D eigenvalue weighted by Gasteiger charge is 2.38. The minimum Gasteiger partial charge on any atom is -0.480 e. The van der Waals surface area contributed by atoms with Gasteiger partial charge in [-0.2, -0.15) is 11.8 Å². The van der Waals surface area contributed by atoms with Gasteiger partial charge < -0.3 is 32.1 Å². The van der Waals surface area contributed by atoms with E-state index in [1.54, 1.807) is 0 Å².